The van der Waals surface area contributed by atoms with Gasteiger partial charge in [0.15, 0.2) is 5.69 Å². The Kier molecular flexibility index (Phi) is 3.71. The summed E-state index contributed by atoms with van der Waals surface area (Å²) in [6, 6.07) is 5.39. The van der Waals surface area contributed by atoms with E-state index < -0.39 is 0 Å². The second-order valence-corrected chi connectivity index (χ2v) is 5.36. The van der Waals surface area contributed by atoms with E-state index in [9.17, 15) is 0 Å². The summed E-state index contributed by atoms with van der Waals surface area (Å²) in [4.78, 5) is 4.13. The predicted molar refractivity (Wildman–Crippen MR) is 70.0 cm³/mol. The molecular weight excluding hydrogens is 226 g/mol. The molecule has 2 rings (SSSR count). The third-order valence-electron chi connectivity index (χ3n) is 3.43. The van der Waals surface area contributed by atoms with Crippen LogP contribution in [0.3, 0.4) is 0 Å². The van der Waals surface area contributed by atoms with Crippen LogP contribution in [-0.2, 0) is 0 Å². The molecule has 1 fully saturated rings. The summed E-state index contributed by atoms with van der Waals surface area (Å²) in [6.07, 6.45) is 3.57. The smallest absolute Gasteiger partial charge is 0.214 e. The van der Waals surface area contributed by atoms with Gasteiger partial charge in [-0.05, 0) is 37.2 Å². The zero-order valence-corrected chi connectivity index (χ0v) is 10.9. The van der Waals surface area contributed by atoms with E-state index >= 15 is 0 Å². The first-order chi connectivity index (χ1) is 8.58. The van der Waals surface area contributed by atoms with Gasteiger partial charge < -0.3 is 10.5 Å². The highest BCUT2D eigenvalue weighted by molar-refractivity contribution is 5.50. The summed E-state index contributed by atoms with van der Waals surface area (Å²) in [5.74, 6) is 1.87. The van der Waals surface area contributed by atoms with Crippen LogP contribution in [0.25, 0.3) is 0 Å². The van der Waals surface area contributed by atoms with Crippen LogP contribution in [0.15, 0.2) is 12.1 Å². The molecule has 96 valence electrons. The van der Waals surface area contributed by atoms with E-state index in [-0.39, 0.29) is 11.8 Å². The van der Waals surface area contributed by atoms with E-state index in [0.717, 1.165) is 12.8 Å². The maximum absolute atomic E-state index is 8.88. The highest BCUT2D eigenvalue weighted by atomic mass is 16.5. The Morgan fingerprint density at radius 2 is 1.94 bits per heavy atom. The molecule has 0 bridgehead atoms. The Labute approximate surface area is 108 Å². The lowest BCUT2D eigenvalue weighted by atomic mass is 9.82. The Bertz CT molecular complexity index is 457. The van der Waals surface area contributed by atoms with Gasteiger partial charge in [-0.3, -0.25) is 0 Å². The van der Waals surface area contributed by atoms with Gasteiger partial charge in [-0.15, -0.1) is 0 Å². The molecule has 1 saturated carbocycles. The van der Waals surface area contributed by atoms with Crippen molar-refractivity contribution in [3.8, 4) is 11.9 Å². The first-order valence-electron chi connectivity index (χ1n) is 6.41. The van der Waals surface area contributed by atoms with Gasteiger partial charge in [-0.2, -0.15) is 5.26 Å². The summed E-state index contributed by atoms with van der Waals surface area (Å²) in [7, 11) is 0. The van der Waals surface area contributed by atoms with E-state index in [0.29, 0.717) is 23.4 Å². The molecule has 0 radical (unpaired) electrons. The number of aromatic nitrogens is 1. The molecule has 2 atom stereocenters. The molecule has 1 heterocycles. The summed E-state index contributed by atoms with van der Waals surface area (Å²) in [6.45, 7) is 4.51. The summed E-state index contributed by atoms with van der Waals surface area (Å²) in [5, 5.41) is 8.88. The molecule has 0 aliphatic heterocycles. The third-order valence-corrected chi connectivity index (χ3v) is 3.43. The minimum Gasteiger partial charge on any atom is -0.474 e. The molecule has 2 unspecified atom stereocenters. The molecule has 1 aromatic rings. The number of rotatable bonds is 2. The number of nitriles is 1. The molecule has 1 aliphatic carbocycles. The number of hydrogen-bond donors (Lipinski definition) is 1. The SMILES string of the molecule is CC1CC(C)CC(Oc2ccc(N)c(C#N)n2)C1. The number of hydrogen-bond acceptors (Lipinski definition) is 4. The second kappa shape index (κ2) is 5.26. The number of pyridine rings is 1. The molecule has 0 saturated heterocycles. The van der Waals surface area contributed by atoms with Gasteiger partial charge in [-0.1, -0.05) is 13.8 Å². The van der Waals surface area contributed by atoms with E-state index in [1.807, 2.05) is 6.07 Å². The first-order valence-corrected chi connectivity index (χ1v) is 6.41. The van der Waals surface area contributed by atoms with Crippen LogP contribution in [0, 0.1) is 23.2 Å². The topological polar surface area (TPSA) is 71.9 Å². The van der Waals surface area contributed by atoms with Crippen LogP contribution in [0.5, 0.6) is 5.88 Å². The van der Waals surface area contributed by atoms with E-state index in [1.165, 1.54) is 6.42 Å². The normalized spacial score (nSPS) is 27.5. The Balaban J connectivity index is 2.07. The summed E-state index contributed by atoms with van der Waals surface area (Å²) in [5.41, 5.74) is 6.28. The van der Waals surface area contributed by atoms with Crippen LogP contribution in [0.1, 0.15) is 38.8 Å². The summed E-state index contributed by atoms with van der Waals surface area (Å²) >= 11 is 0. The highest BCUT2D eigenvalue weighted by Gasteiger charge is 2.25. The zero-order chi connectivity index (χ0) is 13.1. The van der Waals surface area contributed by atoms with Crippen molar-refractivity contribution in [1.82, 2.24) is 4.98 Å². The monoisotopic (exact) mass is 245 g/mol. The molecule has 4 nitrogen and oxygen atoms in total. The van der Waals surface area contributed by atoms with Crippen LogP contribution < -0.4 is 10.5 Å². The van der Waals surface area contributed by atoms with Crippen molar-refractivity contribution in [2.75, 3.05) is 5.73 Å². The van der Waals surface area contributed by atoms with Crippen LogP contribution >= 0.6 is 0 Å². The van der Waals surface area contributed by atoms with E-state index in [1.54, 1.807) is 12.1 Å². The van der Waals surface area contributed by atoms with Crippen molar-refractivity contribution in [2.45, 2.75) is 39.2 Å². The Morgan fingerprint density at radius 1 is 1.28 bits per heavy atom. The third kappa shape index (κ3) is 2.92. The van der Waals surface area contributed by atoms with Gasteiger partial charge in [0.05, 0.1) is 5.69 Å². The van der Waals surface area contributed by atoms with Crippen molar-refractivity contribution in [3.05, 3.63) is 17.8 Å². The lowest BCUT2D eigenvalue weighted by Crippen LogP contribution is -2.28. The highest BCUT2D eigenvalue weighted by Crippen LogP contribution is 2.31. The number of nitrogen functional groups attached to an aromatic ring is 1. The number of anilines is 1. The van der Waals surface area contributed by atoms with E-state index in [4.69, 9.17) is 15.7 Å². The van der Waals surface area contributed by atoms with Crippen molar-refractivity contribution in [1.29, 1.82) is 5.26 Å². The zero-order valence-electron chi connectivity index (χ0n) is 10.9. The maximum atomic E-state index is 8.88. The van der Waals surface area contributed by atoms with Gasteiger partial charge in [-0.25, -0.2) is 4.98 Å². The fourth-order valence-electron chi connectivity index (χ4n) is 2.75. The summed E-state index contributed by atoms with van der Waals surface area (Å²) < 4.78 is 5.88. The number of ether oxygens (including phenoxy) is 1. The van der Waals surface area contributed by atoms with Gasteiger partial charge in [0.25, 0.3) is 0 Å². The maximum Gasteiger partial charge on any atom is 0.214 e. The fourth-order valence-corrected chi connectivity index (χ4v) is 2.75. The average molecular weight is 245 g/mol. The van der Waals surface area contributed by atoms with Gasteiger partial charge in [0.1, 0.15) is 12.2 Å². The predicted octanol–water partition coefficient (Wildman–Crippen LogP) is 2.74. The van der Waals surface area contributed by atoms with Crippen molar-refractivity contribution < 1.29 is 4.74 Å². The fraction of sp³-hybridized carbons (Fsp3) is 0.571. The standard InChI is InChI=1S/C14H19N3O/c1-9-5-10(2)7-11(6-9)18-14-4-3-12(16)13(8-15)17-14/h3-4,9-11H,5-7,16H2,1-2H3. The molecular formula is C14H19N3O. The quantitative estimate of drug-likeness (QED) is 0.869. The minimum absolute atomic E-state index is 0.200. The molecule has 0 spiro atoms. The number of nitrogens with two attached hydrogens (primary N) is 1. The minimum atomic E-state index is 0.200. The molecule has 0 amide bonds. The lowest BCUT2D eigenvalue weighted by Gasteiger charge is -2.31. The van der Waals surface area contributed by atoms with E-state index in [2.05, 4.69) is 18.8 Å². The van der Waals surface area contributed by atoms with Gasteiger partial charge >= 0.3 is 0 Å². The van der Waals surface area contributed by atoms with Crippen LogP contribution in [-0.4, -0.2) is 11.1 Å². The molecule has 4 heteroatoms. The van der Waals surface area contributed by atoms with Crippen LogP contribution in [0.2, 0.25) is 0 Å². The molecule has 1 aromatic heterocycles. The first kappa shape index (κ1) is 12.7. The van der Waals surface area contributed by atoms with Crippen molar-refractivity contribution in [2.24, 2.45) is 11.8 Å². The number of nitrogens with zero attached hydrogens (tertiary/aromatic N) is 2. The van der Waals surface area contributed by atoms with Crippen molar-refractivity contribution >= 4 is 5.69 Å². The Hall–Kier alpha value is -1.76. The van der Waals surface area contributed by atoms with Gasteiger partial charge in [0.2, 0.25) is 5.88 Å². The molecule has 1 aliphatic rings. The van der Waals surface area contributed by atoms with Crippen LogP contribution in [0.4, 0.5) is 5.69 Å². The Morgan fingerprint density at radius 3 is 2.56 bits per heavy atom. The second-order valence-electron chi connectivity index (χ2n) is 5.36. The molecule has 18 heavy (non-hydrogen) atoms. The lowest BCUT2D eigenvalue weighted by molar-refractivity contribution is 0.0967. The molecule has 0 aromatic carbocycles. The largest absolute Gasteiger partial charge is 0.474 e. The average Bonchev–Trinajstić information content (AvgIpc) is 2.30. The van der Waals surface area contributed by atoms with Gasteiger partial charge in [0, 0.05) is 6.07 Å². The molecule has 2 N–H and O–H groups in total. The van der Waals surface area contributed by atoms with Crippen molar-refractivity contribution in [3.63, 3.8) is 0 Å².